The Hall–Kier alpha value is -0.810. The molecular weight excluding hydrogens is 335 g/mol. The van der Waals surface area contributed by atoms with Crippen molar-refractivity contribution in [3.63, 3.8) is 0 Å². The summed E-state index contributed by atoms with van der Waals surface area (Å²) in [6.07, 6.45) is 0. The largest absolute Gasteiger partial charge is 0.425 e. The van der Waals surface area contributed by atoms with Crippen LogP contribution in [-0.2, 0) is 4.79 Å². The Morgan fingerprint density at radius 1 is 1.04 bits per heavy atom. The third-order valence-corrected chi connectivity index (χ3v) is 4.23. The second-order valence-electron chi connectivity index (χ2n) is 6.16. The fourth-order valence-corrected chi connectivity index (χ4v) is 2.87. The van der Waals surface area contributed by atoms with E-state index in [1.807, 2.05) is 20.8 Å². The highest BCUT2D eigenvalue weighted by Crippen LogP contribution is 2.25. The zero-order valence-electron chi connectivity index (χ0n) is 14.6. The summed E-state index contributed by atoms with van der Waals surface area (Å²) < 4.78 is 5.68. The van der Waals surface area contributed by atoms with Crippen LogP contribution in [0.25, 0.3) is 0 Å². The van der Waals surface area contributed by atoms with E-state index in [0.717, 1.165) is 37.3 Å². The van der Waals surface area contributed by atoms with Crippen molar-refractivity contribution in [3.05, 3.63) is 28.8 Å². The molecule has 1 aromatic rings. The molecule has 1 aliphatic heterocycles. The Morgan fingerprint density at radius 3 is 2.00 bits per heavy atom. The molecule has 1 saturated heterocycles. The fourth-order valence-electron chi connectivity index (χ4n) is 2.87. The lowest BCUT2D eigenvalue weighted by Crippen LogP contribution is -2.51. The van der Waals surface area contributed by atoms with Crippen LogP contribution >= 0.6 is 24.8 Å². The molecule has 1 aromatic carbocycles. The van der Waals surface area contributed by atoms with Crippen molar-refractivity contribution in [2.24, 2.45) is 0 Å². The fraction of sp³-hybridized carbons (Fsp3) is 0.588. The standard InChI is InChI=1S/C17H26N2O2.2ClH/c1-12-10-13(2)16(14(3)11-12)21-17(20)15(4)19-8-6-18(5)7-9-19;;/h10-11,15H,6-9H2,1-5H3;2*1H. The number of piperazine rings is 1. The quantitative estimate of drug-likeness (QED) is 0.611. The molecule has 0 saturated carbocycles. The number of benzene rings is 1. The van der Waals surface area contributed by atoms with Crippen LogP contribution in [0.2, 0.25) is 0 Å². The predicted molar refractivity (Wildman–Crippen MR) is 99.3 cm³/mol. The lowest BCUT2D eigenvalue weighted by atomic mass is 10.1. The van der Waals surface area contributed by atoms with E-state index in [-0.39, 0.29) is 36.8 Å². The first-order chi connectivity index (χ1) is 9.88. The summed E-state index contributed by atoms with van der Waals surface area (Å²) in [5, 5.41) is 0. The van der Waals surface area contributed by atoms with Crippen LogP contribution in [0, 0.1) is 20.8 Å². The Bertz CT molecular complexity index is 506. The molecule has 1 heterocycles. The first-order valence-corrected chi connectivity index (χ1v) is 7.60. The summed E-state index contributed by atoms with van der Waals surface area (Å²) in [5.74, 6) is 0.557. The molecule has 0 spiro atoms. The van der Waals surface area contributed by atoms with E-state index < -0.39 is 0 Å². The van der Waals surface area contributed by atoms with Gasteiger partial charge in [-0.2, -0.15) is 0 Å². The molecule has 0 radical (unpaired) electrons. The highest BCUT2D eigenvalue weighted by Gasteiger charge is 2.26. The smallest absolute Gasteiger partial charge is 0.328 e. The van der Waals surface area contributed by atoms with E-state index in [1.54, 1.807) is 0 Å². The van der Waals surface area contributed by atoms with Crippen LogP contribution in [0.1, 0.15) is 23.6 Å². The van der Waals surface area contributed by atoms with Crippen molar-refractivity contribution in [1.29, 1.82) is 0 Å². The number of aryl methyl sites for hydroxylation is 3. The zero-order valence-corrected chi connectivity index (χ0v) is 16.2. The highest BCUT2D eigenvalue weighted by atomic mass is 35.5. The molecule has 0 amide bonds. The van der Waals surface area contributed by atoms with Crippen molar-refractivity contribution in [3.8, 4) is 5.75 Å². The molecule has 1 atom stereocenters. The third-order valence-electron chi connectivity index (χ3n) is 4.23. The highest BCUT2D eigenvalue weighted by molar-refractivity contribution is 5.85. The molecule has 132 valence electrons. The van der Waals surface area contributed by atoms with Gasteiger partial charge in [0.15, 0.2) is 0 Å². The van der Waals surface area contributed by atoms with Crippen LogP contribution in [0.5, 0.6) is 5.75 Å². The van der Waals surface area contributed by atoms with E-state index in [1.165, 1.54) is 5.56 Å². The topological polar surface area (TPSA) is 32.8 Å². The Balaban J connectivity index is 0.00000242. The molecule has 1 unspecified atom stereocenters. The summed E-state index contributed by atoms with van der Waals surface area (Å²) in [5.41, 5.74) is 3.23. The lowest BCUT2D eigenvalue weighted by molar-refractivity contribution is -0.140. The minimum absolute atomic E-state index is 0. The van der Waals surface area contributed by atoms with E-state index in [2.05, 4.69) is 35.9 Å². The maximum Gasteiger partial charge on any atom is 0.328 e. The van der Waals surface area contributed by atoms with Crippen molar-refractivity contribution in [2.45, 2.75) is 33.7 Å². The summed E-state index contributed by atoms with van der Waals surface area (Å²) in [7, 11) is 2.11. The average Bonchev–Trinajstić information content (AvgIpc) is 2.42. The van der Waals surface area contributed by atoms with Gasteiger partial charge in [-0.1, -0.05) is 17.7 Å². The number of carbonyl (C=O) groups excluding carboxylic acids is 1. The molecule has 0 bridgehead atoms. The van der Waals surface area contributed by atoms with Gasteiger partial charge in [0.25, 0.3) is 0 Å². The Morgan fingerprint density at radius 2 is 1.52 bits per heavy atom. The molecule has 6 heteroatoms. The number of carbonyl (C=O) groups is 1. The summed E-state index contributed by atoms with van der Waals surface area (Å²) in [6, 6.07) is 3.91. The predicted octanol–water partition coefficient (Wildman–Crippen LogP) is 3.00. The molecule has 0 aliphatic carbocycles. The second kappa shape index (κ2) is 9.48. The Kier molecular flexibility index (Phi) is 9.14. The monoisotopic (exact) mass is 362 g/mol. The van der Waals surface area contributed by atoms with Crippen molar-refractivity contribution < 1.29 is 9.53 Å². The maximum absolute atomic E-state index is 12.4. The van der Waals surface area contributed by atoms with Crippen LogP contribution in [0.4, 0.5) is 0 Å². The van der Waals surface area contributed by atoms with Crippen molar-refractivity contribution in [2.75, 3.05) is 33.2 Å². The van der Waals surface area contributed by atoms with Crippen LogP contribution in [-0.4, -0.2) is 55.0 Å². The number of ether oxygens (including phenoxy) is 1. The second-order valence-corrected chi connectivity index (χ2v) is 6.16. The SMILES string of the molecule is Cc1cc(C)c(OC(=O)C(C)N2CCN(C)CC2)c(C)c1.Cl.Cl. The van der Waals surface area contributed by atoms with Gasteiger partial charge in [-0.05, 0) is 45.9 Å². The molecule has 0 N–H and O–H groups in total. The summed E-state index contributed by atoms with van der Waals surface area (Å²) >= 11 is 0. The minimum Gasteiger partial charge on any atom is -0.425 e. The van der Waals surface area contributed by atoms with E-state index >= 15 is 0 Å². The number of hydrogen-bond donors (Lipinski definition) is 0. The lowest BCUT2D eigenvalue weighted by Gasteiger charge is -2.35. The summed E-state index contributed by atoms with van der Waals surface area (Å²) in [4.78, 5) is 16.9. The molecule has 1 aliphatic rings. The maximum atomic E-state index is 12.4. The van der Waals surface area contributed by atoms with Crippen LogP contribution in [0.15, 0.2) is 12.1 Å². The van der Waals surface area contributed by atoms with E-state index in [0.29, 0.717) is 5.75 Å². The van der Waals surface area contributed by atoms with Gasteiger partial charge in [0, 0.05) is 26.2 Å². The molecule has 0 aromatic heterocycles. The first kappa shape index (κ1) is 22.2. The van der Waals surface area contributed by atoms with Crippen molar-refractivity contribution in [1.82, 2.24) is 9.80 Å². The molecule has 2 rings (SSSR count). The van der Waals surface area contributed by atoms with Gasteiger partial charge < -0.3 is 9.64 Å². The molecule has 23 heavy (non-hydrogen) atoms. The molecular formula is C17H28Cl2N2O2. The van der Waals surface area contributed by atoms with Gasteiger partial charge in [0.1, 0.15) is 11.8 Å². The zero-order chi connectivity index (χ0) is 15.6. The van der Waals surface area contributed by atoms with Gasteiger partial charge in [0.05, 0.1) is 0 Å². The first-order valence-electron chi connectivity index (χ1n) is 7.60. The van der Waals surface area contributed by atoms with E-state index in [9.17, 15) is 4.79 Å². The number of nitrogens with zero attached hydrogens (tertiary/aromatic N) is 2. The van der Waals surface area contributed by atoms with Gasteiger partial charge in [0.2, 0.25) is 0 Å². The normalized spacial score (nSPS) is 16.9. The molecule has 4 nitrogen and oxygen atoms in total. The average molecular weight is 363 g/mol. The third kappa shape index (κ3) is 5.64. The number of esters is 1. The number of hydrogen-bond acceptors (Lipinski definition) is 4. The number of rotatable bonds is 3. The van der Waals surface area contributed by atoms with E-state index in [4.69, 9.17) is 4.74 Å². The van der Waals surface area contributed by atoms with Gasteiger partial charge in [-0.15, -0.1) is 24.8 Å². The summed E-state index contributed by atoms with van der Waals surface area (Å²) in [6.45, 7) is 11.8. The van der Waals surface area contributed by atoms with Gasteiger partial charge >= 0.3 is 5.97 Å². The van der Waals surface area contributed by atoms with Crippen LogP contribution < -0.4 is 4.74 Å². The van der Waals surface area contributed by atoms with Gasteiger partial charge in [-0.3, -0.25) is 4.90 Å². The Labute approximate surface area is 152 Å². The minimum atomic E-state index is -0.196. The number of halogens is 2. The number of likely N-dealkylation sites (N-methyl/N-ethyl adjacent to an activating group) is 1. The van der Waals surface area contributed by atoms with Gasteiger partial charge in [-0.25, -0.2) is 4.79 Å². The molecule has 1 fully saturated rings. The van der Waals surface area contributed by atoms with Crippen molar-refractivity contribution >= 4 is 30.8 Å². The van der Waals surface area contributed by atoms with Crippen LogP contribution in [0.3, 0.4) is 0 Å².